The van der Waals surface area contributed by atoms with Gasteiger partial charge in [0.15, 0.2) is 0 Å². The van der Waals surface area contributed by atoms with E-state index in [1.165, 1.54) is 5.56 Å². The number of benzene rings is 1. The molecule has 0 bridgehead atoms. The van der Waals surface area contributed by atoms with E-state index in [0.717, 1.165) is 12.0 Å². The fourth-order valence-electron chi connectivity index (χ4n) is 2.41. The van der Waals surface area contributed by atoms with E-state index in [9.17, 15) is 4.79 Å². The minimum absolute atomic E-state index is 0.0384. The molecule has 1 N–H and O–H groups in total. The van der Waals surface area contributed by atoms with E-state index in [1.54, 1.807) is 7.11 Å². The van der Waals surface area contributed by atoms with Crippen LogP contribution in [0.2, 0.25) is 0 Å². The van der Waals surface area contributed by atoms with Crippen LogP contribution < -0.4 is 5.32 Å². The molecule has 0 radical (unpaired) electrons. The number of hydrogen-bond acceptors (Lipinski definition) is 3. The predicted molar refractivity (Wildman–Crippen MR) is 74.7 cm³/mol. The van der Waals surface area contributed by atoms with Gasteiger partial charge in [0.05, 0.1) is 12.6 Å². The first-order valence-electron chi connectivity index (χ1n) is 6.81. The lowest BCUT2D eigenvalue weighted by Gasteiger charge is -2.24. The number of methoxy groups -OCH3 is 1. The number of carbonyl (C=O) groups is 1. The van der Waals surface area contributed by atoms with Gasteiger partial charge < -0.3 is 9.64 Å². The van der Waals surface area contributed by atoms with E-state index in [4.69, 9.17) is 4.74 Å². The zero-order valence-electron chi connectivity index (χ0n) is 11.8. The maximum atomic E-state index is 12.1. The van der Waals surface area contributed by atoms with Gasteiger partial charge in [-0.25, -0.2) is 0 Å². The van der Waals surface area contributed by atoms with Crippen molar-refractivity contribution in [3.8, 4) is 0 Å². The predicted octanol–water partition coefficient (Wildman–Crippen LogP) is 1.71. The largest absolute Gasteiger partial charge is 0.383 e. The molecule has 0 aliphatic carbocycles. The third kappa shape index (κ3) is 2.96. The Labute approximate surface area is 114 Å². The highest BCUT2D eigenvalue weighted by Crippen LogP contribution is 2.25. The third-order valence-electron chi connectivity index (χ3n) is 3.61. The molecule has 1 fully saturated rings. The Balaban J connectivity index is 2.17. The van der Waals surface area contributed by atoms with Gasteiger partial charge in [0.25, 0.3) is 0 Å². The van der Waals surface area contributed by atoms with Crippen molar-refractivity contribution in [3.05, 3.63) is 35.4 Å². The van der Waals surface area contributed by atoms with Crippen molar-refractivity contribution in [3.63, 3.8) is 0 Å². The van der Waals surface area contributed by atoms with Crippen molar-refractivity contribution in [2.24, 2.45) is 0 Å². The number of carbonyl (C=O) groups excluding carboxylic acids is 1. The molecular weight excluding hydrogens is 240 g/mol. The SMILES string of the molecule is CCc1ccc(C2NC(C)C(=O)N2CCOC)cc1. The number of nitrogens with one attached hydrogen (secondary N) is 1. The van der Waals surface area contributed by atoms with Gasteiger partial charge in [-0.1, -0.05) is 31.2 Å². The van der Waals surface area contributed by atoms with Crippen molar-refractivity contribution >= 4 is 5.91 Å². The van der Waals surface area contributed by atoms with Gasteiger partial charge in [-0.2, -0.15) is 0 Å². The normalized spacial score (nSPS) is 23.1. The summed E-state index contributed by atoms with van der Waals surface area (Å²) in [6.07, 6.45) is 0.990. The van der Waals surface area contributed by atoms with Crippen LogP contribution in [0.1, 0.15) is 31.1 Å². The average Bonchev–Trinajstić information content (AvgIpc) is 2.73. The molecule has 19 heavy (non-hydrogen) atoms. The summed E-state index contributed by atoms with van der Waals surface area (Å²) < 4.78 is 5.09. The minimum Gasteiger partial charge on any atom is -0.383 e. The van der Waals surface area contributed by atoms with Gasteiger partial charge in [0.1, 0.15) is 6.17 Å². The lowest BCUT2D eigenvalue weighted by Crippen LogP contribution is -2.33. The third-order valence-corrected chi connectivity index (χ3v) is 3.61. The van der Waals surface area contributed by atoms with E-state index in [1.807, 2.05) is 11.8 Å². The average molecular weight is 262 g/mol. The van der Waals surface area contributed by atoms with Crippen LogP contribution in [0.25, 0.3) is 0 Å². The molecule has 0 aromatic heterocycles. The fraction of sp³-hybridized carbons (Fsp3) is 0.533. The summed E-state index contributed by atoms with van der Waals surface area (Å²) in [7, 11) is 1.66. The first kappa shape index (κ1) is 14.0. The monoisotopic (exact) mass is 262 g/mol. The van der Waals surface area contributed by atoms with Crippen LogP contribution in [0.3, 0.4) is 0 Å². The number of nitrogens with zero attached hydrogens (tertiary/aromatic N) is 1. The van der Waals surface area contributed by atoms with Gasteiger partial charge in [0, 0.05) is 13.7 Å². The number of amides is 1. The van der Waals surface area contributed by atoms with Crippen LogP contribution >= 0.6 is 0 Å². The summed E-state index contributed by atoms with van der Waals surface area (Å²) >= 11 is 0. The summed E-state index contributed by atoms with van der Waals surface area (Å²) in [5.74, 6) is 0.140. The zero-order valence-corrected chi connectivity index (χ0v) is 11.8. The molecule has 0 saturated carbocycles. The molecule has 1 saturated heterocycles. The van der Waals surface area contributed by atoms with Gasteiger partial charge in [-0.05, 0) is 24.5 Å². The highest BCUT2D eigenvalue weighted by molar-refractivity contribution is 5.84. The van der Waals surface area contributed by atoms with E-state index in [-0.39, 0.29) is 18.1 Å². The maximum absolute atomic E-state index is 12.1. The molecule has 2 atom stereocenters. The highest BCUT2D eigenvalue weighted by Gasteiger charge is 2.36. The lowest BCUT2D eigenvalue weighted by molar-refractivity contribution is -0.130. The van der Waals surface area contributed by atoms with Crippen molar-refractivity contribution in [2.75, 3.05) is 20.3 Å². The van der Waals surface area contributed by atoms with Crippen molar-refractivity contribution < 1.29 is 9.53 Å². The summed E-state index contributed by atoms with van der Waals surface area (Å²) in [4.78, 5) is 14.0. The molecule has 1 aliphatic rings. The van der Waals surface area contributed by atoms with Crippen LogP contribution in [0.15, 0.2) is 24.3 Å². The van der Waals surface area contributed by atoms with E-state index in [0.29, 0.717) is 13.2 Å². The zero-order chi connectivity index (χ0) is 13.8. The second kappa shape index (κ2) is 6.17. The molecule has 1 aliphatic heterocycles. The molecule has 4 nitrogen and oxygen atoms in total. The molecule has 1 amide bonds. The molecule has 4 heteroatoms. The van der Waals surface area contributed by atoms with Crippen molar-refractivity contribution in [1.29, 1.82) is 0 Å². The van der Waals surface area contributed by atoms with Gasteiger partial charge in [0.2, 0.25) is 5.91 Å². The molecule has 104 valence electrons. The minimum atomic E-state index is -0.132. The first-order chi connectivity index (χ1) is 9.17. The Kier molecular flexibility index (Phi) is 4.56. The summed E-state index contributed by atoms with van der Waals surface area (Å²) in [5.41, 5.74) is 2.44. The molecular formula is C15H22N2O2. The molecule has 1 aromatic carbocycles. The number of aryl methyl sites for hydroxylation is 1. The van der Waals surface area contributed by atoms with Crippen molar-refractivity contribution in [1.82, 2.24) is 10.2 Å². The lowest BCUT2D eigenvalue weighted by atomic mass is 10.1. The highest BCUT2D eigenvalue weighted by atomic mass is 16.5. The molecule has 2 rings (SSSR count). The second-order valence-electron chi connectivity index (χ2n) is 4.91. The Bertz CT molecular complexity index is 430. The standard InChI is InChI=1S/C15H22N2O2/c1-4-12-5-7-13(8-6-12)14-16-11(2)15(18)17(14)9-10-19-3/h5-8,11,14,16H,4,9-10H2,1-3H3. The number of hydrogen-bond donors (Lipinski definition) is 1. The van der Waals surface area contributed by atoms with Crippen molar-refractivity contribution in [2.45, 2.75) is 32.5 Å². The van der Waals surface area contributed by atoms with Crippen LogP contribution in [0, 0.1) is 0 Å². The van der Waals surface area contributed by atoms with Crippen LogP contribution in [0.5, 0.6) is 0 Å². The Morgan fingerprint density at radius 2 is 2.00 bits per heavy atom. The van der Waals surface area contributed by atoms with Gasteiger partial charge in [-0.15, -0.1) is 0 Å². The molecule has 2 unspecified atom stereocenters. The van der Waals surface area contributed by atoms with E-state index >= 15 is 0 Å². The Hall–Kier alpha value is -1.39. The second-order valence-corrected chi connectivity index (χ2v) is 4.91. The quantitative estimate of drug-likeness (QED) is 0.878. The molecule has 0 spiro atoms. The molecule has 1 aromatic rings. The van der Waals surface area contributed by atoms with Gasteiger partial charge in [-0.3, -0.25) is 10.1 Å². The smallest absolute Gasteiger partial charge is 0.241 e. The summed E-state index contributed by atoms with van der Waals surface area (Å²) in [6, 6.07) is 8.31. The Morgan fingerprint density at radius 1 is 1.32 bits per heavy atom. The number of ether oxygens (including phenoxy) is 1. The fourth-order valence-corrected chi connectivity index (χ4v) is 2.41. The number of rotatable bonds is 5. The van der Waals surface area contributed by atoms with E-state index < -0.39 is 0 Å². The first-order valence-corrected chi connectivity index (χ1v) is 6.81. The topological polar surface area (TPSA) is 41.6 Å². The van der Waals surface area contributed by atoms with Crippen LogP contribution in [-0.4, -0.2) is 37.1 Å². The van der Waals surface area contributed by atoms with E-state index in [2.05, 4.69) is 36.5 Å². The molecule has 1 heterocycles. The summed E-state index contributed by atoms with van der Waals surface area (Å²) in [6.45, 7) is 5.22. The van der Waals surface area contributed by atoms with Gasteiger partial charge >= 0.3 is 0 Å². The maximum Gasteiger partial charge on any atom is 0.241 e. The van der Waals surface area contributed by atoms with Crippen LogP contribution in [-0.2, 0) is 16.0 Å². The summed E-state index contributed by atoms with van der Waals surface area (Å²) in [5, 5.41) is 3.34. The van der Waals surface area contributed by atoms with Crippen LogP contribution in [0.4, 0.5) is 0 Å². The Morgan fingerprint density at radius 3 is 2.58 bits per heavy atom.